The number of hydrogen-bond acceptors (Lipinski definition) is 5. The van der Waals surface area contributed by atoms with E-state index >= 15 is 0 Å². The number of allylic oxidation sites excluding steroid dienone is 3. The summed E-state index contributed by atoms with van der Waals surface area (Å²) in [5, 5.41) is 3.12. The molecular weight excluding hydrogens is 354 g/mol. The third kappa shape index (κ3) is 4.52. The topological polar surface area (TPSA) is 64.6 Å². The third-order valence-electron chi connectivity index (χ3n) is 4.41. The van der Waals surface area contributed by atoms with Gasteiger partial charge in [-0.2, -0.15) is 0 Å². The molecule has 1 aliphatic rings. The van der Waals surface area contributed by atoms with Gasteiger partial charge >= 0.3 is 11.9 Å². The van der Waals surface area contributed by atoms with Crippen molar-refractivity contribution in [1.29, 1.82) is 0 Å². The van der Waals surface area contributed by atoms with E-state index in [1.165, 1.54) is 0 Å². The van der Waals surface area contributed by atoms with E-state index in [1.807, 2.05) is 19.1 Å². The van der Waals surface area contributed by atoms with Crippen molar-refractivity contribution in [2.45, 2.75) is 33.6 Å². The third-order valence-corrected chi connectivity index (χ3v) is 4.41. The Hall–Kier alpha value is -3.26. The molecule has 2 rings (SSSR count). The highest BCUT2D eigenvalue weighted by Gasteiger charge is 2.37. The zero-order chi connectivity index (χ0) is 20.7. The number of ether oxygens (including phenoxy) is 2. The number of dihydropyridines is 1. The SMILES string of the molecule is C#Cc1cccc(C2C(C(=O)OCC)=C(C)NC(C)=C2C(=O)OCC=CC)c1. The molecule has 0 aliphatic carbocycles. The predicted octanol–water partition coefficient (Wildman–Crippen LogP) is 3.59. The van der Waals surface area contributed by atoms with Gasteiger partial charge in [0, 0.05) is 17.0 Å². The molecule has 1 heterocycles. The first kappa shape index (κ1) is 21.0. The van der Waals surface area contributed by atoms with Gasteiger partial charge in [-0.25, -0.2) is 9.59 Å². The van der Waals surface area contributed by atoms with Crippen molar-refractivity contribution < 1.29 is 19.1 Å². The van der Waals surface area contributed by atoms with Crippen LogP contribution in [0.25, 0.3) is 0 Å². The Morgan fingerprint density at radius 1 is 1.18 bits per heavy atom. The summed E-state index contributed by atoms with van der Waals surface area (Å²) >= 11 is 0. The summed E-state index contributed by atoms with van der Waals surface area (Å²) in [4.78, 5) is 25.6. The minimum absolute atomic E-state index is 0.153. The number of carbonyl (C=O) groups excluding carboxylic acids is 2. The Labute approximate surface area is 166 Å². The maximum absolute atomic E-state index is 12.9. The van der Waals surface area contributed by atoms with Crippen LogP contribution in [0.3, 0.4) is 0 Å². The summed E-state index contributed by atoms with van der Waals surface area (Å²) in [5.41, 5.74) is 3.41. The fraction of sp³-hybridized carbons (Fsp3) is 0.304. The summed E-state index contributed by atoms with van der Waals surface area (Å²) in [6.07, 6.45) is 9.09. The second kappa shape index (κ2) is 9.61. The molecule has 1 atom stereocenters. The van der Waals surface area contributed by atoms with Gasteiger partial charge in [-0.3, -0.25) is 0 Å². The number of nitrogens with one attached hydrogen (secondary N) is 1. The fourth-order valence-corrected chi connectivity index (χ4v) is 3.18. The van der Waals surface area contributed by atoms with Gasteiger partial charge in [0.05, 0.1) is 23.7 Å². The number of esters is 2. The lowest BCUT2D eigenvalue weighted by Gasteiger charge is -2.30. The van der Waals surface area contributed by atoms with Crippen LogP contribution in [0.1, 0.15) is 44.7 Å². The molecule has 0 saturated carbocycles. The highest BCUT2D eigenvalue weighted by Crippen LogP contribution is 2.39. The van der Waals surface area contributed by atoms with Crippen molar-refractivity contribution in [1.82, 2.24) is 5.32 Å². The standard InChI is InChI=1S/C23H25NO4/c1-6-9-13-28-23(26)20-16(5)24-15(4)19(22(25)27-8-3)21(20)18-12-10-11-17(7-2)14-18/h2,6,9-12,14,21,24H,8,13H2,1,3-5H3. The molecule has 0 aromatic heterocycles. The summed E-state index contributed by atoms with van der Waals surface area (Å²) < 4.78 is 10.6. The Morgan fingerprint density at radius 2 is 1.82 bits per heavy atom. The second-order valence-electron chi connectivity index (χ2n) is 6.29. The predicted molar refractivity (Wildman–Crippen MR) is 108 cm³/mol. The van der Waals surface area contributed by atoms with Gasteiger partial charge in [0.25, 0.3) is 0 Å². The Bertz CT molecular complexity index is 899. The molecule has 146 valence electrons. The lowest BCUT2D eigenvalue weighted by molar-refractivity contribution is -0.139. The molecule has 1 aromatic rings. The van der Waals surface area contributed by atoms with E-state index in [2.05, 4.69) is 11.2 Å². The molecule has 1 unspecified atom stereocenters. The molecule has 5 nitrogen and oxygen atoms in total. The van der Waals surface area contributed by atoms with Gasteiger partial charge in [-0.15, -0.1) is 6.42 Å². The molecule has 1 aromatic carbocycles. The van der Waals surface area contributed by atoms with E-state index in [-0.39, 0.29) is 13.2 Å². The zero-order valence-corrected chi connectivity index (χ0v) is 16.7. The van der Waals surface area contributed by atoms with Crippen molar-refractivity contribution in [2.24, 2.45) is 0 Å². The van der Waals surface area contributed by atoms with Gasteiger partial charge in [-0.05, 0) is 45.4 Å². The normalized spacial score (nSPS) is 16.6. The first-order chi connectivity index (χ1) is 13.4. The largest absolute Gasteiger partial charge is 0.463 e. The van der Waals surface area contributed by atoms with Crippen LogP contribution in [0.5, 0.6) is 0 Å². The highest BCUT2D eigenvalue weighted by molar-refractivity contribution is 5.99. The first-order valence-corrected chi connectivity index (χ1v) is 9.15. The zero-order valence-electron chi connectivity index (χ0n) is 16.7. The second-order valence-corrected chi connectivity index (χ2v) is 6.29. The minimum Gasteiger partial charge on any atom is -0.463 e. The fourth-order valence-electron chi connectivity index (χ4n) is 3.18. The summed E-state index contributed by atoms with van der Waals surface area (Å²) in [7, 11) is 0. The molecule has 0 spiro atoms. The number of hydrogen-bond donors (Lipinski definition) is 1. The van der Waals surface area contributed by atoms with Crippen LogP contribution in [-0.2, 0) is 19.1 Å². The maximum Gasteiger partial charge on any atom is 0.337 e. The molecular formula is C23H25NO4. The van der Waals surface area contributed by atoms with E-state index in [1.54, 1.807) is 45.1 Å². The average molecular weight is 379 g/mol. The Kier molecular flexibility index (Phi) is 7.22. The van der Waals surface area contributed by atoms with Crippen LogP contribution in [0.4, 0.5) is 0 Å². The molecule has 0 bridgehead atoms. The van der Waals surface area contributed by atoms with Gasteiger partial charge < -0.3 is 14.8 Å². The summed E-state index contributed by atoms with van der Waals surface area (Å²) in [6, 6.07) is 7.25. The quantitative estimate of drug-likeness (QED) is 0.465. The van der Waals surface area contributed by atoms with Gasteiger partial charge in [0.2, 0.25) is 0 Å². The summed E-state index contributed by atoms with van der Waals surface area (Å²) in [6.45, 7) is 7.55. The van der Waals surface area contributed by atoms with Crippen LogP contribution in [0, 0.1) is 12.3 Å². The number of carbonyl (C=O) groups is 2. The van der Waals surface area contributed by atoms with E-state index in [4.69, 9.17) is 15.9 Å². The lowest BCUT2D eigenvalue weighted by Crippen LogP contribution is -2.32. The number of rotatable bonds is 6. The Balaban J connectivity index is 2.60. The lowest BCUT2D eigenvalue weighted by atomic mass is 9.80. The van der Waals surface area contributed by atoms with Gasteiger partial charge in [0.1, 0.15) is 6.61 Å². The average Bonchev–Trinajstić information content (AvgIpc) is 2.67. The van der Waals surface area contributed by atoms with Crippen LogP contribution in [-0.4, -0.2) is 25.2 Å². The molecule has 0 saturated heterocycles. The molecule has 0 fully saturated rings. The molecule has 5 heteroatoms. The first-order valence-electron chi connectivity index (χ1n) is 9.15. The Morgan fingerprint density at radius 3 is 2.39 bits per heavy atom. The van der Waals surface area contributed by atoms with E-state index in [0.29, 0.717) is 28.1 Å². The smallest absolute Gasteiger partial charge is 0.337 e. The molecule has 0 radical (unpaired) electrons. The number of benzene rings is 1. The molecule has 28 heavy (non-hydrogen) atoms. The molecule has 0 amide bonds. The van der Waals surface area contributed by atoms with E-state index in [0.717, 1.165) is 5.56 Å². The van der Waals surface area contributed by atoms with E-state index < -0.39 is 17.9 Å². The van der Waals surface area contributed by atoms with Gasteiger partial charge in [0.15, 0.2) is 0 Å². The van der Waals surface area contributed by atoms with Crippen LogP contribution in [0.15, 0.2) is 59.0 Å². The minimum atomic E-state index is -0.633. The van der Waals surface area contributed by atoms with Crippen LogP contribution < -0.4 is 5.32 Å². The maximum atomic E-state index is 12.9. The highest BCUT2D eigenvalue weighted by atomic mass is 16.5. The van der Waals surface area contributed by atoms with Crippen LogP contribution in [0.2, 0.25) is 0 Å². The van der Waals surface area contributed by atoms with Crippen molar-refractivity contribution in [2.75, 3.05) is 13.2 Å². The summed E-state index contributed by atoms with van der Waals surface area (Å²) in [5.74, 6) is 0.993. The van der Waals surface area contributed by atoms with Gasteiger partial charge in [-0.1, -0.05) is 30.2 Å². The van der Waals surface area contributed by atoms with Crippen LogP contribution >= 0.6 is 0 Å². The molecule has 1 N–H and O–H groups in total. The van der Waals surface area contributed by atoms with Crippen molar-refractivity contribution in [3.8, 4) is 12.3 Å². The van der Waals surface area contributed by atoms with E-state index in [9.17, 15) is 9.59 Å². The van der Waals surface area contributed by atoms with Crippen molar-refractivity contribution >= 4 is 11.9 Å². The van der Waals surface area contributed by atoms with Crippen molar-refractivity contribution in [3.63, 3.8) is 0 Å². The molecule has 1 aliphatic heterocycles. The number of terminal acetylenes is 1. The van der Waals surface area contributed by atoms with Crippen molar-refractivity contribution in [3.05, 3.63) is 70.1 Å². The monoisotopic (exact) mass is 379 g/mol.